The molecule has 84 valence electrons. The first-order valence-electron chi connectivity index (χ1n) is 4.78. The van der Waals surface area contributed by atoms with E-state index in [1.54, 1.807) is 0 Å². The summed E-state index contributed by atoms with van der Waals surface area (Å²) in [6.45, 7) is 0.914. The fourth-order valence-electron chi connectivity index (χ4n) is 1.34. The molecule has 1 aromatic rings. The molecule has 0 bridgehead atoms. The molecule has 6 N–H and O–H groups in total. The SMILES string of the molecule is NCCCc1c(CN)nnn1CC(N)=O. The predicted octanol–water partition coefficient (Wildman–Crippen LogP) is -1.89. The first-order chi connectivity index (χ1) is 7.19. The van der Waals surface area contributed by atoms with Gasteiger partial charge in [-0.15, -0.1) is 5.10 Å². The van der Waals surface area contributed by atoms with Crippen LogP contribution in [0.15, 0.2) is 0 Å². The van der Waals surface area contributed by atoms with E-state index in [4.69, 9.17) is 17.2 Å². The highest BCUT2D eigenvalue weighted by Crippen LogP contribution is 2.07. The van der Waals surface area contributed by atoms with Gasteiger partial charge in [-0.2, -0.15) is 0 Å². The fraction of sp³-hybridized carbons (Fsp3) is 0.625. The molecule has 7 nitrogen and oxygen atoms in total. The van der Waals surface area contributed by atoms with Crippen LogP contribution >= 0.6 is 0 Å². The first kappa shape index (κ1) is 11.6. The summed E-state index contributed by atoms with van der Waals surface area (Å²) < 4.78 is 1.49. The van der Waals surface area contributed by atoms with E-state index in [9.17, 15) is 4.79 Å². The van der Waals surface area contributed by atoms with Crippen LogP contribution in [0.4, 0.5) is 0 Å². The molecule has 1 rings (SSSR count). The summed E-state index contributed by atoms with van der Waals surface area (Å²) in [4.78, 5) is 10.8. The van der Waals surface area contributed by atoms with Crippen LogP contribution in [0.3, 0.4) is 0 Å². The average Bonchev–Trinajstić information content (AvgIpc) is 2.56. The second kappa shape index (κ2) is 5.42. The maximum absolute atomic E-state index is 10.8. The van der Waals surface area contributed by atoms with Crippen molar-refractivity contribution in [2.24, 2.45) is 17.2 Å². The number of carbonyl (C=O) groups excluding carboxylic acids is 1. The third-order valence-corrected chi connectivity index (χ3v) is 2.03. The molecule has 0 aromatic carbocycles. The molecule has 1 heterocycles. The van der Waals surface area contributed by atoms with Gasteiger partial charge in [0.05, 0.1) is 11.4 Å². The summed E-state index contributed by atoms with van der Waals surface area (Å²) in [5, 5.41) is 7.71. The molecule has 0 unspecified atom stereocenters. The number of carbonyl (C=O) groups is 1. The van der Waals surface area contributed by atoms with Gasteiger partial charge in [-0.25, -0.2) is 4.68 Å². The third kappa shape index (κ3) is 3.00. The fourth-order valence-corrected chi connectivity index (χ4v) is 1.34. The Labute approximate surface area is 87.6 Å². The number of primary amides is 1. The van der Waals surface area contributed by atoms with E-state index in [1.807, 2.05) is 0 Å². The van der Waals surface area contributed by atoms with E-state index in [0.717, 1.165) is 12.1 Å². The minimum Gasteiger partial charge on any atom is -0.368 e. The zero-order valence-corrected chi connectivity index (χ0v) is 8.52. The Hall–Kier alpha value is -1.47. The van der Waals surface area contributed by atoms with Crippen molar-refractivity contribution in [3.8, 4) is 0 Å². The van der Waals surface area contributed by atoms with Gasteiger partial charge in [0.25, 0.3) is 0 Å². The van der Waals surface area contributed by atoms with Gasteiger partial charge < -0.3 is 17.2 Å². The van der Waals surface area contributed by atoms with Crippen molar-refractivity contribution in [3.05, 3.63) is 11.4 Å². The molecule has 7 heteroatoms. The topological polar surface area (TPSA) is 126 Å². The Kier molecular flexibility index (Phi) is 4.19. The molecule has 0 saturated carbocycles. The Morgan fingerprint density at radius 3 is 2.67 bits per heavy atom. The summed E-state index contributed by atoms with van der Waals surface area (Å²) in [5.41, 5.74) is 17.6. The number of nitrogens with zero attached hydrogens (tertiary/aromatic N) is 3. The number of nitrogens with two attached hydrogens (primary N) is 3. The van der Waals surface area contributed by atoms with Crippen LogP contribution in [0.2, 0.25) is 0 Å². The van der Waals surface area contributed by atoms with Crippen LogP contribution in [0.1, 0.15) is 17.8 Å². The highest BCUT2D eigenvalue weighted by atomic mass is 16.1. The molecule has 0 saturated heterocycles. The molecule has 0 aliphatic rings. The van der Waals surface area contributed by atoms with Gasteiger partial charge in [-0.1, -0.05) is 5.21 Å². The van der Waals surface area contributed by atoms with Crippen LogP contribution in [-0.4, -0.2) is 27.4 Å². The van der Waals surface area contributed by atoms with Crippen LogP contribution in [0.5, 0.6) is 0 Å². The Bertz CT molecular complexity index is 334. The molecule has 15 heavy (non-hydrogen) atoms. The van der Waals surface area contributed by atoms with Crippen molar-refractivity contribution in [1.29, 1.82) is 0 Å². The second-order valence-electron chi connectivity index (χ2n) is 3.20. The van der Waals surface area contributed by atoms with Gasteiger partial charge in [0.15, 0.2) is 0 Å². The van der Waals surface area contributed by atoms with Crippen molar-refractivity contribution >= 4 is 5.91 Å². The molecule has 0 aliphatic carbocycles. The Morgan fingerprint density at radius 1 is 1.40 bits per heavy atom. The largest absolute Gasteiger partial charge is 0.368 e. The summed E-state index contributed by atoms with van der Waals surface area (Å²) in [6, 6.07) is 0. The lowest BCUT2D eigenvalue weighted by atomic mass is 10.2. The van der Waals surface area contributed by atoms with Crippen molar-refractivity contribution in [3.63, 3.8) is 0 Å². The van der Waals surface area contributed by atoms with Crippen LogP contribution in [-0.2, 0) is 24.3 Å². The molecular weight excluding hydrogens is 196 g/mol. The lowest BCUT2D eigenvalue weighted by Gasteiger charge is -2.04. The smallest absolute Gasteiger partial charge is 0.239 e. The van der Waals surface area contributed by atoms with E-state index in [0.29, 0.717) is 25.2 Å². The Balaban J connectivity index is 2.84. The molecule has 0 radical (unpaired) electrons. The Morgan fingerprint density at radius 2 is 2.13 bits per heavy atom. The zero-order chi connectivity index (χ0) is 11.3. The number of hydrogen-bond donors (Lipinski definition) is 3. The zero-order valence-electron chi connectivity index (χ0n) is 8.52. The second-order valence-corrected chi connectivity index (χ2v) is 3.20. The molecule has 1 amide bonds. The van der Waals surface area contributed by atoms with E-state index >= 15 is 0 Å². The number of hydrogen-bond acceptors (Lipinski definition) is 5. The van der Waals surface area contributed by atoms with E-state index < -0.39 is 5.91 Å². The maximum Gasteiger partial charge on any atom is 0.239 e. The normalized spacial score (nSPS) is 10.5. The van der Waals surface area contributed by atoms with E-state index in [-0.39, 0.29) is 6.54 Å². The average molecular weight is 212 g/mol. The predicted molar refractivity (Wildman–Crippen MR) is 54.5 cm³/mol. The number of aromatic nitrogens is 3. The molecule has 0 spiro atoms. The maximum atomic E-state index is 10.8. The van der Waals surface area contributed by atoms with Crippen LogP contribution < -0.4 is 17.2 Å². The molecule has 0 fully saturated rings. The summed E-state index contributed by atoms with van der Waals surface area (Å²) >= 11 is 0. The van der Waals surface area contributed by atoms with Gasteiger partial charge in [-0.05, 0) is 19.4 Å². The summed E-state index contributed by atoms with van der Waals surface area (Å²) in [6.07, 6.45) is 1.52. The monoisotopic (exact) mass is 212 g/mol. The quantitative estimate of drug-likeness (QED) is 0.508. The van der Waals surface area contributed by atoms with Gasteiger partial charge >= 0.3 is 0 Å². The number of amides is 1. The number of rotatable bonds is 6. The lowest BCUT2D eigenvalue weighted by molar-refractivity contribution is -0.118. The van der Waals surface area contributed by atoms with E-state index in [1.165, 1.54) is 4.68 Å². The highest BCUT2D eigenvalue weighted by molar-refractivity contribution is 5.73. The molecule has 0 atom stereocenters. The summed E-state index contributed by atoms with van der Waals surface area (Å²) in [5.74, 6) is -0.447. The van der Waals surface area contributed by atoms with E-state index in [2.05, 4.69) is 10.3 Å². The molecular formula is C8H16N6O. The highest BCUT2D eigenvalue weighted by Gasteiger charge is 2.12. The van der Waals surface area contributed by atoms with Gasteiger partial charge in [0.2, 0.25) is 5.91 Å². The minimum absolute atomic E-state index is 0.0346. The van der Waals surface area contributed by atoms with Gasteiger partial charge in [0, 0.05) is 6.54 Å². The first-order valence-corrected chi connectivity index (χ1v) is 4.78. The van der Waals surface area contributed by atoms with Crippen LogP contribution in [0.25, 0.3) is 0 Å². The van der Waals surface area contributed by atoms with Gasteiger partial charge in [0.1, 0.15) is 6.54 Å². The van der Waals surface area contributed by atoms with Crippen molar-refractivity contribution in [2.75, 3.05) is 6.54 Å². The van der Waals surface area contributed by atoms with Crippen LogP contribution in [0, 0.1) is 0 Å². The lowest BCUT2D eigenvalue weighted by Crippen LogP contribution is -2.21. The van der Waals surface area contributed by atoms with Crippen molar-refractivity contribution in [1.82, 2.24) is 15.0 Å². The summed E-state index contributed by atoms with van der Waals surface area (Å²) in [7, 11) is 0. The third-order valence-electron chi connectivity index (χ3n) is 2.03. The molecule has 0 aliphatic heterocycles. The van der Waals surface area contributed by atoms with Crippen molar-refractivity contribution < 1.29 is 4.79 Å². The molecule has 1 aromatic heterocycles. The minimum atomic E-state index is -0.447. The van der Waals surface area contributed by atoms with Crippen molar-refractivity contribution in [2.45, 2.75) is 25.9 Å². The van der Waals surface area contributed by atoms with Gasteiger partial charge in [-0.3, -0.25) is 4.79 Å². The standard InChI is InChI=1S/C8H16N6O/c9-3-1-2-7-6(4-10)12-13-14(7)5-8(11)15/h1-5,9-10H2,(H2,11,15).